The monoisotopic (exact) mass is 355 g/mol. The molecule has 2 heterocycles. The van der Waals surface area contributed by atoms with Crippen molar-refractivity contribution in [3.05, 3.63) is 64.7 Å². The molecule has 0 bridgehead atoms. The van der Waals surface area contributed by atoms with Crippen molar-refractivity contribution in [3.63, 3.8) is 0 Å². The predicted octanol–water partition coefficient (Wildman–Crippen LogP) is 2.98. The molecule has 0 atom stereocenters. The molecule has 2 aliphatic rings. The Bertz CT molecular complexity index is 887. The number of ether oxygens (including phenoxy) is 2. The second kappa shape index (κ2) is 6.90. The van der Waals surface area contributed by atoms with Gasteiger partial charge in [-0.2, -0.15) is 0 Å². The number of aromatic hydroxyl groups is 1. The highest BCUT2D eigenvalue weighted by atomic mass is 19.1. The van der Waals surface area contributed by atoms with Crippen LogP contribution in [0.4, 0.5) is 4.39 Å². The smallest absolute Gasteiger partial charge is 0.231 e. The van der Waals surface area contributed by atoms with Crippen LogP contribution in [0.25, 0.3) is 6.08 Å². The molecule has 0 saturated carbocycles. The van der Waals surface area contributed by atoms with Crippen molar-refractivity contribution in [2.24, 2.45) is 0 Å². The van der Waals surface area contributed by atoms with Gasteiger partial charge in [-0.3, -0.25) is 9.69 Å². The molecule has 1 N–H and O–H groups in total. The molecule has 2 aromatic carbocycles. The van der Waals surface area contributed by atoms with E-state index in [0.29, 0.717) is 42.2 Å². The van der Waals surface area contributed by atoms with E-state index in [-0.39, 0.29) is 23.1 Å². The Morgan fingerprint density at radius 2 is 2.00 bits per heavy atom. The van der Waals surface area contributed by atoms with Crippen LogP contribution in [0.1, 0.15) is 21.5 Å². The van der Waals surface area contributed by atoms with E-state index in [0.717, 1.165) is 13.1 Å². The van der Waals surface area contributed by atoms with Gasteiger partial charge in [0.15, 0.2) is 5.76 Å². The molecule has 0 amide bonds. The van der Waals surface area contributed by atoms with Gasteiger partial charge in [-0.25, -0.2) is 4.39 Å². The van der Waals surface area contributed by atoms with E-state index >= 15 is 0 Å². The summed E-state index contributed by atoms with van der Waals surface area (Å²) in [6.07, 6.45) is 1.51. The van der Waals surface area contributed by atoms with Crippen molar-refractivity contribution in [3.8, 4) is 11.5 Å². The maximum absolute atomic E-state index is 13.4. The summed E-state index contributed by atoms with van der Waals surface area (Å²) in [6.45, 7) is 3.26. The highest BCUT2D eigenvalue weighted by Crippen LogP contribution is 2.40. The van der Waals surface area contributed by atoms with Crippen LogP contribution in [-0.2, 0) is 11.3 Å². The number of hydrogen-bond donors (Lipinski definition) is 1. The van der Waals surface area contributed by atoms with Crippen LogP contribution in [-0.4, -0.2) is 42.1 Å². The van der Waals surface area contributed by atoms with Crippen LogP contribution in [0.3, 0.4) is 0 Å². The van der Waals surface area contributed by atoms with Crippen LogP contribution in [0.5, 0.6) is 11.5 Å². The van der Waals surface area contributed by atoms with Gasteiger partial charge in [0.1, 0.15) is 17.3 Å². The average molecular weight is 355 g/mol. The summed E-state index contributed by atoms with van der Waals surface area (Å²) < 4.78 is 24.5. The van der Waals surface area contributed by atoms with Gasteiger partial charge in [0, 0.05) is 19.6 Å². The number of morpholine rings is 1. The number of benzene rings is 2. The summed E-state index contributed by atoms with van der Waals surface area (Å²) in [7, 11) is 0. The van der Waals surface area contributed by atoms with E-state index in [9.17, 15) is 14.3 Å². The Morgan fingerprint density at radius 3 is 2.77 bits per heavy atom. The lowest BCUT2D eigenvalue weighted by atomic mass is 10.0. The number of ketones is 1. The first-order valence-corrected chi connectivity index (χ1v) is 8.46. The van der Waals surface area contributed by atoms with Crippen LogP contribution in [0.2, 0.25) is 0 Å². The van der Waals surface area contributed by atoms with Crippen molar-refractivity contribution in [1.29, 1.82) is 0 Å². The van der Waals surface area contributed by atoms with Gasteiger partial charge in [-0.15, -0.1) is 0 Å². The standard InChI is InChI=1S/C20H18FNO4/c21-14-3-1-2-13(10-14)11-18-19(24)15-4-5-17(23)16(20(15)26-18)12-22-6-8-25-9-7-22/h1-5,10-11,23H,6-9,12H2. The van der Waals surface area contributed by atoms with E-state index in [1.54, 1.807) is 18.2 Å². The minimum Gasteiger partial charge on any atom is -0.507 e. The van der Waals surface area contributed by atoms with Crippen LogP contribution >= 0.6 is 0 Å². The number of phenolic OH excluding ortho intramolecular Hbond substituents is 1. The molecule has 1 saturated heterocycles. The SMILES string of the molecule is O=C1C(=Cc2cccc(F)c2)Oc2c1ccc(O)c2CN1CCOCC1. The number of carbonyl (C=O) groups is 1. The lowest BCUT2D eigenvalue weighted by Gasteiger charge is -2.27. The molecule has 0 spiro atoms. The Balaban J connectivity index is 1.66. The van der Waals surface area contributed by atoms with Gasteiger partial charge in [-0.1, -0.05) is 12.1 Å². The average Bonchev–Trinajstić information content (AvgIpc) is 2.95. The fraction of sp³-hybridized carbons (Fsp3) is 0.250. The van der Waals surface area contributed by atoms with Gasteiger partial charge >= 0.3 is 0 Å². The number of nitrogens with zero attached hydrogens (tertiary/aromatic N) is 1. The first-order valence-electron chi connectivity index (χ1n) is 8.46. The van der Waals surface area contributed by atoms with Gasteiger partial charge in [0.25, 0.3) is 0 Å². The van der Waals surface area contributed by atoms with Crippen molar-refractivity contribution in [1.82, 2.24) is 4.90 Å². The van der Waals surface area contributed by atoms with Crippen molar-refractivity contribution in [2.75, 3.05) is 26.3 Å². The lowest BCUT2D eigenvalue weighted by molar-refractivity contribution is 0.0336. The Hall–Kier alpha value is -2.70. The highest BCUT2D eigenvalue weighted by molar-refractivity contribution is 6.15. The zero-order valence-electron chi connectivity index (χ0n) is 14.1. The fourth-order valence-electron chi connectivity index (χ4n) is 3.18. The lowest BCUT2D eigenvalue weighted by Crippen LogP contribution is -2.35. The molecular formula is C20H18FNO4. The van der Waals surface area contributed by atoms with E-state index in [2.05, 4.69) is 4.90 Å². The molecule has 26 heavy (non-hydrogen) atoms. The van der Waals surface area contributed by atoms with E-state index in [1.807, 2.05) is 0 Å². The molecule has 134 valence electrons. The molecule has 0 radical (unpaired) electrons. The molecule has 0 aromatic heterocycles. The largest absolute Gasteiger partial charge is 0.507 e. The summed E-state index contributed by atoms with van der Waals surface area (Å²) in [5.41, 5.74) is 1.54. The molecule has 1 fully saturated rings. The number of allylic oxidation sites excluding steroid dienone is 1. The third kappa shape index (κ3) is 3.21. The molecule has 5 nitrogen and oxygen atoms in total. The van der Waals surface area contributed by atoms with Gasteiger partial charge < -0.3 is 14.6 Å². The summed E-state index contributed by atoms with van der Waals surface area (Å²) in [5, 5.41) is 10.3. The number of carbonyl (C=O) groups excluding carboxylic acids is 1. The summed E-state index contributed by atoms with van der Waals surface area (Å²) in [6, 6.07) is 9.01. The molecule has 0 unspecified atom stereocenters. The molecule has 4 rings (SSSR count). The number of phenols is 1. The number of halogens is 1. The number of fused-ring (bicyclic) bond motifs is 1. The first kappa shape index (κ1) is 16.8. The Morgan fingerprint density at radius 1 is 1.19 bits per heavy atom. The van der Waals surface area contributed by atoms with Crippen molar-refractivity contribution >= 4 is 11.9 Å². The second-order valence-corrected chi connectivity index (χ2v) is 6.32. The molecule has 0 aliphatic carbocycles. The zero-order chi connectivity index (χ0) is 18.1. The van der Waals surface area contributed by atoms with E-state index in [1.165, 1.54) is 24.3 Å². The summed E-state index contributed by atoms with van der Waals surface area (Å²) >= 11 is 0. The van der Waals surface area contributed by atoms with Gasteiger partial charge in [0.05, 0.1) is 24.3 Å². The molecular weight excluding hydrogens is 337 g/mol. The summed E-state index contributed by atoms with van der Waals surface area (Å²) in [5.74, 6) is -0.0564. The number of hydrogen-bond acceptors (Lipinski definition) is 5. The zero-order valence-corrected chi connectivity index (χ0v) is 14.1. The maximum atomic E-state index is 13.4. The maximum Gasteiger partial charge on any atom is 0.231 e. The molecule has 2 aromatic rings. The Kier molecular flexibility index (Phi) is 4.44. The molecule has 2 aliphatic heterocycles. The van der Waals surface area contributed by atoms with E-state index < -0.39 is 0 Å². The van der Waals surface area contributed by atoms with Gasteiger partial charge in [-0.05, 0) is 35.9 Å². The number of rotatable bonds is 3. The predicted molar refractivity (Wildman–Crippen MR) is 93.5 cm³/mol. The van der Waals surface area contributed by atoms with Crippen molar-refractivity contribution < 1.29 is 23.8 Å². The fourth-order valence-corrected chi connectivity index (χ4v) is 3.18. The van der Waals surface area contributed by atoms with Crippen LogP contribution in [0, 0.1) is 5.82 Å². The van der Waals surface area contributed by atoms with E-state index in [4.69, 9.17) is 9.47 Å². The quantitative estimate of drug-likeness (QED) is 0.858. The topological polar surface area (TPSA) is 59.0 Å². The highest BCUT2D eigenvalue weighted by Gasteiger charge is 2.31. The molecule has 6 heteroatoms. The normalized spacial score (nSPS) is 18.8. The third-order valence-corrected chi connectivity index (χ3v) is 4.55. The van der Waals surface area contributed by atoms with Gasteiger partial charge in [0.2, 0.25) is 5.78 Å². The first-order chi connectivity index (χ1) is 12.6. The second-order valence-electron chi connectivity index (χ2n) is 6.32. The summed E-state index contributed by atoms with van der Waals surface area (Å²) in [4.78, 5) is 14.8. The minimum atomic E-state index is -0.382. The van der Waals surface area contributed by atoms with Crippen molar-refractivity contribution in [2.45, 2.75) is 6.54 Å². The Labute approximate surface area is 150 Å². The van der Waals surface area contributed by atoms with Crippen LogP contribution in [0.15, 0.2) is 42.2 Å². The third-order valence-electron chi connectivity index (χ3n) is 4.55. The minimum absolute atomic E-state index is 0.0926. The van der Waals surface area contributed by atoms with Crippen LogP contribution < -0.4 is 4.74 Å². The number of Topliss-reactive ketones (excluding diaryl/α,β-unsaturated/α-hetero) is 1.